The minimum absolute atomic E-state index is 0.416. The van der Waals surface area contributed by atoms with E-state index < -0.39 is 5.97 Å². The topological polar surface area (TPSA) is 95.9 Å². The Labute approximate surface area is 132 Å². The maximum atomic E-state index is 11.7. The highest BCUT2D eigenvalue weighted by atomic mass is 16.5. The highest BCUT2D eigenvalue weighted by Gasteiger charge is 2.13. The molecule has 7 heteroatoms. The van der Waals surface area contributed by atoms with Crippen molar-refractivity contribution in [3.63, 3.8) is 0 Å². The predicted molar refractivity (Wildman–Crippen MR) is 85.1 cm³/mol. The molecule has 116 valence electrons. The molecule has 1 heterocycles. The lowest BCUT2D eigenvalue weighted by atomic mass is 10.1. The number of tetrazole rings is 1. The molecule has 0 aliphatic carbocycles. The molecule has 0 spiro atoms. The van der Waals surface area contributed by atoms with Crippen LogP contribution in [0.2, 0.25) is 0 Å². The van der Waals surface area contributed by atoms with Gasteiger partial charge in [0.1, 0.15) is 0 Å². The standard InChI is InChI=1S/C16H15N5O2/c1-10-6-7-11(9-14(10)17)15-18-19-20-21(15)13-5-3-4-12(8-13)16(22)23-2/h3-9H,17H2,1-2H3. The molecule has 2 aromatic carbocycles. The number of rotatable bonds is 3. The van der Waals surface area contributed by atoms with Gasteiger partial charge >= 0.3 is 5.97 Å². The molecule has 0 atom stereocenters. The van der Waals surface area contributed by atoms with E-state index in [-0.39, 0.29) is 0 Å². The number of carbonyl (C=O) groups is 1. The first kappa shape index (κ1) is 14.7. The number of methoxy groups -OCH3 is 1. The van der Waals surface area contributed by atoms with Gasteiger partial charge in [-0.05, 0) is 47.2 Å². The number of hydrogen-bond acceptors (Lipinski definition) is 6. The van der Waals surface area contributed by atoms with Crippen LogP contribution in [-0.2, 0) is 4.74 Å². The number of hydrogen-bond donors (Lipinski definition) is 1. The predicted octanol–water partition coefficient (Wildman–Crippen LogP) is 2.01. The summed E-state index contributed by atoms with van der Waals surface area (Å²) in [7, 11) is 1.34. The fourth-order valence-electron chi connectivity index (χ4n) is 2.20. The summed E-state index contributed by atoms with van der Waals surface area (Å²) in [6, 6.07) is 12.5. The summed E-state index contributed by atoms with van der Waals surface area (Å²) in [5, 5.41) is 11.8. The van der Waals surface area contributed by atoms with Crippen molar-refractivity contribution in [2.45, 2.75) is 6.92 Å². The first-order valence-electron chi connectivity index (χ1n) is 6.94. The van der Waals surface area contributed by atoms with Crippen molar-refractivity contribution in [2.24, 2.45) is 0 Å². The molecule has 0 aliphatic rings. The Kier molecular flexibility index (Phi) is 3.76. The van der Waals surface area contributed by atoms with Crippen molar-refractivity contribution < 1.29 is 9.53 Å². The molecule has 0 saturated heterocycles. The van der Waals surface area contributed by atoms with E-state index in [9.17, 15) is 4.79 Å². The highest BCUT2D eigenvalue weighted by molar-refractivity contribution is 5.90. The van der Waals surface area contributed by atoms with Crippen LogP contribution in [0.5, 0.6) is 0 Å². The highest BCUT2D eigenvalue weighted by Crippen LogP contribution is 2.23. The fourth-order valence-corrected chi connectivity index (χ4v) is 2.20. The maximum absolute atomic E-state index is 11.7. The van der Waals surface area contributed by atoms with Gasteiger partial charge in [-0.3, -0.25) is 0 Å². The van der Waals surface area contributed by atoms with Crippen molar-refractivity contribution in [3.8, 4) is 17.1 Å². The van der Waals surface area contributed by atoms with Crippen LogP contribution < -0.4 is 5.73 Å². The van der Waals surface area contributed by atoms with Crippen LogP contribution in [0.1, 0.15) is 15.9 Å². The van der Waals surface area contributed by atoms with Gasteiger partial charge in [0.05, 0.1) is 18.4 Å². The summed E-state index contributed by atoms with van der Waals surface area (Å²) in [6.45, 7) is 1.93. The molecule has 1 aromatic heterocycles. The smallest absolute Gasteiger partial charge is 0.337 e. The first-order valence-corrected chi connectivity index (χ1v) is 6.94. The molecule has 23 heavy (non-hydrogen) atoms. The third kappa shape index (κ3) is 2.76. The number of esters is 1. The number of nitrogens with zero attached hydrogens (tertiary/aromatic N) is 4. The summed E-state index contributed by atoms with van der Waals surface area (Å²) in [6.07, 6.45) is 0. The molecule has 7 nitrogen and oxygen atoms in total. The van der Waals surface area contributed by atoms with Crippen LogP contribution in [0.15, 0.2) is 42.5 Å². The minimum atomic E-state index is -0.416. The fraction of sp³-hybridized carbons (Fsp3) is 0.125. The summed E-state index contributed by atoms with van der Waals surface area (Å²) in [5.41, 5.74) is 9.49. The van der Waals surface area contributed by atoms with E-state index >= 15 is 0 Å². The van der Waals surface area contributed by atoms with Crippen LogP contribution >= 0.6 is 0 Å². The van der Waals surface area contributed by atoms with Gasteiger partial charge in [-0.25, -0.2) is 4.79 Å². The Morgan fingerprint density at radius 3 is 2.78 bits per heavy atom. The lowest BCUT2D eigenvalue weighted by Gasteiger charge is -2.07. The number of nitrogen functional groups attached to an aromatic ring is 1. The number of anilines is 1. The molecule has 0 fully saturated rings. The average Bonchev–Trinajstić information content (AvgIpc) is 3.06. The maximum Gasteiger partial charge on any atom is 0.337 e. The second kappa shape index (κ2) is 5.88. The Hall–Kier alpha value is -3.22. The number of benzene rings is 2. The van der Waals surface area contributed by atoms with Gasteiger partial charge in [0, 0.05) is 11.3 Å². The first-order chi connectivity index (χ1) is 11.1. The SMILES string of the molecule is COC(=O)c1cccc(-n2nnnc2-c2ccc(C)c(N)c2)c1. The van der Waals surface area contributed by atoms with E-state index in [0.29, 0.717) is 22.8 Å². The van der Waals surface area contributed by atoms with Crippen LogP contribution in [0.3, 0.4) is 0 Å². The van der Waals surface area contributed by atoms with Crippen molar-refractivity contribution >= 4 is 11.7 Å². The molecule has 2 N–H and O–H groups in total. The van der Waals surface area contributed by atoms with E-state index in [1.807, 2.05) is 31.2 Å². The number of aromatic nitrogens is 4. The number of ether oxygens (including phenoxy) is 1. The van der Waals surface area contributed by atoms with E-state index in [2.05, 4.69) is 15.5 Å². The lowest BCUT2D eigenvalue weighted by molar-refractivity contribution is 0.0600. The molecular formula is C16H15N5O2. The minimum Gasteiger partial charge on any atom is -0.465 e. The van der Waals surface area contributed by atoms with Crippen molar-refractivity contribution in [1.82, 2.24) is 20.2 Å². The van der Waals surface area contributed by atoms with Crippen molar-refractivity contribution in [1.29, 1.82) is 0 Å². The number of nitrogens with two attached hydrogens (primary N) is 1. The van der Waals surface area contributed by atoms with Crippen LogP contribution in [0, 0.1) is 6.92 Å². The van der Waals surface area contributed by atoms with Crippen molar-refractivity contribution in [2.75, 3.05) is 12.8 Å². The Balaban J connectivity index is 2.07. The zero-order chi connectivity index (χ0) is 16.4. The van der Waals surface area contributed by atoms with Gasteiger partial charge in [0.15, 0.2) is 5.82 Å². The largest absolute Gasteiger partial charge is 0.465 e. The third-order valence-corrected chi connectivity index (χ3v) is 3.52. The van der Waals surface area contributed by atoms with Gasteiger partial charge in [-0.15, -0.1) is 5.10 Å². The second-order valence-electron chi connectivity index (χ2n) is 5.03. The molecule has 0 bridgehead atoms. The summed E-state index contributed by atoms with van der Waals surface area (Å²) < 4.78 is 6.29. The monoisotopic (exact) mass is 309 g/mol. The molecule has 0 amide bonds. The van der Waals surface area contributed by atoms with Crippen LogP contribution in [0.25, 0.3) is 17.1 Å². The van der Waals surface area contributed by atoms with Crippen molar-refractivity contribution in [3.05, 3.63) is 53.6 Å². The molecule has 0 saturated carbocycles. The van der Waals surface area contributed by atoms with Gasteiger partial charge in [0.2, 0.25) is 0 Å². The van der Waals surface area contributed by atoms with E-state index in [1.54, 1.807) is 22.9 Å². The summed E-state index contributed by atoms with van der Waals surface area (Å²) >= 11 is 0. The normalized spacial score (nSPS) is 10.5. The molecule has 0 aliphatic heterocycles. The second-order valence-corrected chi connectivity index (χ2v) is 5.03. The Bertz CT molecular complexity index is 872. The van der Waals surface area contributed by atoms with E-state index in [0.717, 1.165) is 11.1 Å². The van der Waals surface area contributed by atoms with E-state index in [1.165, 1.54) is 7.11 Å². The molecular weight excluding hydrogens is 294 g/mol. The summed E-state index contributed by atoms with van der Waals surface area (Å²) in [4.78, 5) is 11.7. The third-order valence-electron chi connectivity index (χ3n) is 3.52. The zero-order valence-corrected chi connectivity index (χ0v) is 12.7. The van der Waals surface area contributed by atoms with Gasteiger partial charge < -0.3 is 10.5 Å². The molecule has 0 unspecified atom stereocenters. The van der Waals surface area contributed by atoms with E-state index in [4.69, 9.17) is 10.5 Å². The average molecular weight is 309 g/mol. The zero-order valence-electron chi connectivity index (χ0n) is 12.7. The number of aryl methyl sites for hydroxylation is 1. The van der Waals surface area contributed by atoms with Gasteiger partial charge in [0.25, 0.3) is 0 Å². The Morgan fingerprint density at radius 2 is 2.04 bits per heavy atom. The summed E-state index contributed by atoms with van der Waals surface area (Å²) in [5.74, 6) is 0.125. The number of carbonyl (C=O) groups excluding carboxylic acids is 1. The molecule has 0 radical (unpaired) electrons. The van der Waals surface area contributed by atoms with Gasteiger partial charge in [-0.1, -0.05) is 18.2 Å². The van der Waals surface area contributed by atoms with Crippen LogP contribution in [0.4, 0.5) is 5.69 Å². The van der Waals surface area contributed by atoms with Gasteiger partial charge in [-0.2, -0.15) is 4.68 Å². The van der Waals surface area contributed by atoms with Crippen LogP contribution in [-0.4, -0.2) is 33.3 Å². The Morgan fingerprint density at radius 1 is 1.22 bits per heavy atom. The molecule has 3 aromatic rings. The lowest BCUT2D eigenvalue weighted by Crippen LogP contribution is -2.05. The molecule has 3 rings (SSSR count). The quantitative estimate of drug-likeness (QED) is 0.587.